The highest BCUT2D eigenvalue weighted by molar-refractivity contribution is 6.04. The van der Waals surface area contributed by atoms with E-state index in [-0.39, 0.29) is 0 Å². The number of carboxylic acids is 2. The minimum atomic E-state index is -1.64. The number of hydrogen-bond donors (Lipinski definition) is 2. The van der Waals surface area contributed by atoms with Crippen LogP contribution in [-0.4, -0.2) is 27.1 Å². The normalized spacial score (nSPS) is 9.81. The van der Waals surface area contributed by atoms with Crippen molar-refractivity contribution in [1.29, 1.82) is 0 Å². The summed E-state index contributed by atoms with van der Waals surface area (Å²) >= 11 is 0. The van der Waals surface area contributed by atoms with Gasteiger partial charge in [0.05, 0.1) is 10.5 Å². The van der Waals surface area contributed by atoms with Gasteiger partial charge >= 0.3 is 11.9 Å². The van der Waals surface area contributed by atoms with Crippen LogP contribution < -0.4 is 0 Å². The number of nitrogens with zero attached hydrogens (tertiary/aromatic N) is 1. The summed E-state index contributed by atoms with van der Waals surface area (Å²) in [5.74, 6) is -3.15. The zero-order chi connectivity index (χ0) is 12.5. The number of aromatic carboxylic acids is 2. The monoisotopic (exact) mass is 225 g/mol. The lowest BCUT2D eigenvalue weighted by atomic mass is 10.0. The number of benzene rings is 1. The SMILES string of the molecule is Cc1cc(C(=O)O)c(C(=O)O)c([N+](=O)[O-])c1. The lowest BCUT2D eigenvalue weighted by Crippen LogP contribution is -2.11. The van der Waals surface area contributed by atoms with E-state index in [0.29, 0.717) is 5.56 Å². The van der Waals surface area contributed by atoms with Crippen LogP contribution >= 0.6 is 0 Å². The topological polar surface area (TPSA) is 118 Å². The van der Waals surface area contributed by atoms with Gasteiger partial charge in [-0.05, 0) is 18.6 Å². The molecular formula is C9H7NO6. The molecule has 0 aromatic heterocycles. The van der Waals surface area contributed by atoms with E-state index in [2.05, 4.69) is 0 Å². The minimum Gasteiger partial charge on any atom is -0.478 e. The van der Waals surface area contributed by atoms with Crippen molar-refractivity contribution in [3.05, 3.63) is 38.9 Å². The van der Waals surface area contributed by atoms with Gasteiger partial charge in [0.1, 0.15) is 0 Å². The molecule has 2 N–H and O–H groups in total. The fourth-order valence-electron chi connectivity index (χ4n) is 1.30. The Morgan fingerprint density at radius 1 is 1.25 bits per heavy atom. The van der Waals surface area contributed by atoms with Crippen LogP contribution in [0.5, 0.6) is 0 Å². The Labute approximate surface area is 89.1 Å². The van der Waals surface area contributed by atoms with Crippen molar-refractivity contribution in [2.45, 2.75) is 6.92 Å². The molecule has 0 saturated heterocycles. The summed E-state index contributed by atoms with van der Waals surface area (Å²) in [5.41, 5.74) is -1.79. The number of carboxylic acid groups (broad SMARTS) is 2. The number of carbonyl (C=O) groups is 2. The second-order valence-corrected chi connectivity index (χ2v) is 3.07. The average Bonchev–Trinajstić information content (AvgIpc) is 2.15. The maximum absolute atomic E-state index is 10.8. The summed E-state index contributed by atoms with van der Waals surface area (Å²) in [4.78, 5) is 31.3. The predicted octanol–water partition coefficient (Wildman–Crippen LogP) is 1.30. The van der Waals surface area contributed by atoms with Gasteiger partial charge in [0.2, 0.25) is 0 Å². The van der Waals surface area contributed by atoms with Crippen LogP contribution in [0.25, 0.3) is 0 Å². The lowest BCUT2D eigenvalue weighted by Gasteiger charge is -2.04. The second kappa shape index (κ2) is 3.97. The van der Waals surface area contributed by atoms with Crippen molar-refractivity contribution in [2.75, 3.05) is 0 Å². The Morgan fingerprint density at radius 2 is 1.81 bits per heavy atom. The summed E-state index contributed by atoms with van der Waals surface area (Å²) in [6.45, 7) is 1.45. The summed E-state index contributed by atoms with van der Waals surface area (Å²) in [5, 5.41) is 28.1. The zero-order valence-corrected chi connectivity index (χ0v) is 8.13. The van der Waals surface area contributed by atoms with Gasteiger partial charge in [0, 0.05) is 6.07 Å². The second-order valence-electron chi connectivity index (χ2n) is 3.07. The van der Waals surface area contributed by atoms with Gasteiger partial charge in [0.25, 0.3) is 5.69 Å². The first-order chi connectivity index (χ1) is 7.34. The first-order valence-electron chi connectivity index (χ1n) is 4.10. The first-order valence-corrected chi connectivity index (χ1v) is 4.10. The highest BCUT2D eigenvalue weighted by Crippen LogP contribution is 2.24. The molecule has 0 atom stereocenters. The highest BCUT2D eigenvalue weighted by atomic mass is 16.6. The third-order valence-corrected chi connectivity index (χ3v) is 1.90. The van der Waals surface area contributed by atoms with E-state index in [9.17, 15) is 19.7 Å². The van der Waals surface area contributed by atoms with Crippen LogP contribution in [0.4, 0.5) is 5.69 Å². The molecule has 0 bridgehead atoms. The predicted molar refractivity (Wildman–Crippen MR) is 51.8 cm³/mol. The highest BCUT2D eigenvalue weighted by Gasteiger charge is 2.27. The van der Waals surface area contributed by atoms with Crippen molar-refractivity contribution in [3.63, 3.8) is 0 Å². The van der Waals surface area contributed by atoms with Crippen LogP contribution in [0.2, 0.25) is 0 Å². The van der Waals surface area contributed by atoms with Gasteiger partial charge in [-0.25, -0.2) is 9.59 Å². The smallest absolute Gasteiger partial charge is 0.343 e. The van der Waals surface area contributed by atoms with Gasteiger partial charge < -0.3 is 10.2 Å². The van der Waals surface area contributed by atoms with E-state index in [4.69, 9.17) is 10.2 Å². The van der Waals surface area contributed by atoms with Crippen molar-refractivity contribution < 1.29 is 24.7 Å². The van der Waals surface area contributed by atoms with E-state index < -0.39 is 33.7 Å². The molecule has 0 radical (unpaired) electrons. The quantitative estimate of drug-likeness (QED) is 0.591. The molecule has 1 aromatic carbocycles. The fraction of sp³-hybridized carbons (Fsp3) is 0.111. The van der Waals surface area contributed by atoms with E-state index in [0.717, 1.165) is 12.1 Å². The summed E-state index contributed by atoms with van der Waals surface area (Å²) < 4.78 is 0. The standard InChI is InChI=1S/C9H7NO6/c1-4-2-5(8(11)12)7(9(13)14)6(3-4)10(15)16/h2-3H,1H3,(H,11,12)(H,13,14). The summed E-state index contributed by atoms with van der Waals surface area (Å²) in [7, 11) is 0. The third-order valence-electron chi connectivity index (χ3n) is 1.90. The molecule has 0 aliphatic carbocycles. The average molecular weight is 225 g/mol. The van der Waals surface area contributed by atoms with Crippen LogP contribution in [0.1, 0.15) is 26.3 Å². The number of nitro groups is 1. The van der Waals surface area contributed by atoms with E-state index >= 15 is 0 Å². The van der Waals surface area contributed by atoms with Crippen LogP contribution in [0, 0.1) is 17.0 Å². The largest absolute Gasteiger partial charge is 0.478 e. The number of hydrogen-bond acceptors (Lipinski definition) is 4. The molecule has 0 fully saturated rings. The molecule has 84 valence electrons. The van der Waals surface area contributed by atoms with Crippen molar-refractivity contribution >= 4 is 17.6 Å². The molecule has 0 unspecified atom stereocenters. The molecule has 1 aromatic rings. The van der Waals surface area contributed by atoms with Crippen LogP contribution in [0.3, 0.4) is 0 Å². The number of aryl methyl sites for hydroxylation is 1. The van der Waals surface area contributed by atoms with Gasteiger partial charge in [-0.2, -0.15) is 0 Å². The Hall–Kier alpha value is -2.44. The van der Waals surface area contributed by atoms with Crippen LogP contribution in [-0.2, 0) is 0 Å². The molecule has 0 aliphatic rings. The van der Waals surface area contributed by atoms with Gasteiger partial charge in [-0.3, -0.25) is 10.1 Å². The Morgan fingerprint density at radius 3 is 2.19 bits per heavy atom. The van der Waals surface area contributed by atoms with E-state index in [1.165, 1.54) is 6.92 Å². The minimum absolute atomic E-state index is 0.314. The maximum Gasteiger partial charge on any atom is 0.343 e. The molecule has 16 heavy (non-hydrogen) atoms. The molecule has 0 spiro atoms. The van der Waals surface area contributed by atoms with Crippen molar-refractivity contribution in [2.24, 2.45) is 0 Å². The maximum atomic E-state index is 10.8. The summed E-state index contributed by atoms with van der Waals surface area (Å²) in [6, 6.07) is 2.11. The molecule has 0 saturated carbocycles. The summed E-state index contributed by atoms with van der Waals surface area (Å²) in [6.07, 6.45) is 0. The molecule has 7 nitrogen and oxygen atoms in total. The number of rotatable bonds is 3. The van der Waals surface area contributed by atoms with Gasteiger partial charge in [-0.15, -0.1) is 0 Å². The Kier molecular flexibility index (Phi) is 2.89. The van der Waals surface area contributed by atoms with Crippen molar-refractivity contribution in [3.8, 4) is 0 Å². The molecule has 0 aliphatic heterocycles. The van der Waals surface area contributed by atoms with E-state index in [1.54, 1.807) is 0 Å². The lowest BCUT2D eigenvalue weighted by molar-refractivity contribution is -0.385. The first kappa shape index (κ1) is 11.6. The Bertz CT molecular complexity index is 458. The van der Waals surface area contributed by atoms with Gasteiger partial charge in [0.15, 0.2) is 5.56 Å². The molecule has 7 heteroatoms. The van der Waals surface area contributed by atoms with Crippen LogP contribution in [0.15, 0.2) is 12.1 Å². The fourth-order valence-corrected chi connectivity index (χ4v) is 1.30. The molecule has 0 heterocycles. The molecule has 0 amide bonds. The third kappa shape index (κ3) is 1.97. The molecular weight excluding hydrogens is 218 g/mol. The number of nitro benzene ring substituents is 1. The zero-order valence-electron chi connectivity index (χ0n) is 8.13. The van der Waals surface area contributed by atoms with Gasteiger partial charge in [-0.1, -0.05) is 0 Å². The molecule has 1 rings (SSSR count). The Balaban J connectivity index is 3.67. The van der Waals surface area contributed by atoms with E-state index in [1.807, 2.05) is 0 Å². The van der Waals surface area contributed by atoms with Crippen molar-refractivity contribution in [1.82, 2.24) is 0 Å².